The molecule has 2 rings (SSSR count). The Morgan fingerprint density at radius 3 is 2.43 bits per heavy atom. The normalized spacial score (nSPS) is 20.4. The first-order valence-corrected chi connectivity index (χ1v) is 7.94. The van der Waals surface area contributed by atoms with E-state index in [4.69, 9.17) is 16.2 Å². The van der Waals surface area contributed by atoms with Gasteiger partial charge in [0.05, 0.1) is 18.1 Å². The highest BCUT2D eigenvalue weighted by molar-refractivity contribution is 7.89. The van der Waals surface area contributed by atoms with Crippen molar-refractivity contribution < 1.29 is 17.9 Å². The van der Waals surface area contributed by atoms with Crippen LogP contribution >= 0.6 is 0 Å². The molecule has 0 aliphatic carbocycles. The molecule has 0 bridgehead atoms. The van der Waals surface area contributed by atoms with Crippen molar-refractivity contribution in [1.82, 2.24) is 4.31 Å². The average molecular weight is 313 g/mol. The van der Waals surface area contributed by atoms with E-state index >= 15 is 0 Å². The van der Waals surface area contributed by atoms with Gasteiger partial charge in [0.2, 0.25) is 15.9 Å². The van der Waals surface area contributed by atoms with Gasteiger partial charge in [0, 0.05) is 12.2 Å². The van der Waals surface area contributed by atoms with Crippen molar-refractivity contribution in [3.8, 4) is 0 Å². The topological polar surface area (TPSA) is 116 Å². The Morgan fingerprint density at radius 2 is 1.90 bits per heavy atom. The SMILES string of the molecule is Cc1cc(N)cc(C)c1S(=O)(=O)N1CCOCC1C(N)=O. The number of sulfonamides is 1. The fourth-order valence-corrected chi connectivity index (χ4v) is 4.59. The van der Waals surface area contributed by atoms with Crippen molar-refractivity contribution >= 4 is 21.6 Å². The number of aryl methyl sites for hydroxylation is 2. The van der Waals surface area contributed by atoms with Crippen molar-refractivity contribution in [2.45, 2.75) is 24.8 Å². The molecule has 1 unspecified atom stereocenters. The number of hydrogen-bond donors (Lipinski definition) is 2. The number of anilines is 1. The summed E-state index contributed by atoms with van der Waals surface area (Å²) in [4.78, 5) is 11.7. The number of morpholine rings is 1. The number of nitrogens with two attached hydrogens (primary N) is 2. The monoisotopic (exact) mass is 313 g/mol. The molecule has 116 valence electrons. The Morgan fingerprint density at radius 1 is 1.33 bits per heavy atom. The molecule has 7 nitrogen and oxygen atoms in total. The highest BCUT2D eigenvalue weighted by atomic mass is 32.2. The molecule has 1 aliphatic rings. The quantitative estimate of drug-likeness (QED) is 0.747. The maximum Gasteiger partial charge on any atom is 0.244 e. The lowest BCUT2D eigenvalue weighted by atomic mass is 10.1. The minimum Gasteiger partial charge on any atom is -0.399 e. The molecular weight excluding hydrogens is 294 g/mol. The van der Waals surface area contributed by atoms with E-state index < -0.39 is 22.0 Å². The van der Waals surface area contributed by atoms with Crippen LogP contribution in [0.4, 0.5) is 5.69 Å². The van der Waals surface area contributed by atoms with Crippen LogP contribution in [-0.2, 0) is 19.6 Å². The number of hydrogen-bond acceptors (Lipinski definition) is 5. The number of nitrogens with zero attached hydrogens (tertiary/aromatic N) is 1. The maximum absolute atomic E-state index is 12.9. The molecule has 0 spiro atoms. The zero-order valence-corrected chi connectivity index (χ0v) is 12.8. The third-order valence-electron chi connectivity index (χ3n) is 3.46. The predicted octanol–water partition coefficient (Wildman–Crippen LogP) is -0.240. The number of carbonyl (C=O) groups is 1. The van der Waals surface area contributed by atoms with Crippen molar-refractivity contribution in [1.29, 1.82) is 0 Å². The molecule has 4 N–H and O–H groups in total. The van der Waals surface area contributed by atoms with Gasteiger partial charge in [-0.05, 0) is 37.1 Å². The summed E-state index contributed by atoms with van der Waals surface area (Å²) < 4.78 is 32.0. The number of carbonyl (C=O) groups excluding carboxylic acids is 1. The van der Waals surface area contributed by atoms with Crippen LogP contribution in [0.1, 0.15) is 11.1 Å². The highest BCUT2D eigenvalue weighted by Gasteiger charge is 2.38. The van der Waals surface area contributed by atoms with Gasteiger partial charge in [0.1, 0.15) is 6.04 Å². The molecule has 1 amide bonds. The number of amides is 1. The van der Waals surface area contributed by atoms with Gasteiger partial charge in [0.25, 0.3) is 0 Å². The number of nitrogen functional groups attached to an aromatic ring is 1. The smallest absolute Gasteiger partial charge is 0.244 e. The molecule has 1 heterocycles. The van der Waals surface area contributed by atoms with Gasteiger partial charge in [0.15, 0.2) is 0 Å². The molecule has 1 atom stereocenters. The lowest BCUT2D eigenvalue weighted by molar-refractivity contribution is -0.125. The molecule has 1 saturated heterocycles. The second-order valence-electron chi connectivity index (χ2n) is 5.09. The van der Waals surface area contributed by atoms with Gasteiger partial charge in [-0.2, -0.15) is 4.31 Å². The van der Waals surface area contributed by atoms with Crippen LogP contribution in [0.15, 0.2) is 17.0 Å². The molecule has 0 saturated carbocycles. The molecule has 0 aromatic heterocycles. The Balaban J connectivity index is 2.53. The third-order valence-corrected chi connectivity index (χ3v) is 5.67. The number of benzene rings is 1. The van der Waals surface area contributed by atoms with Gasteiger partial charge >= 0.3 is 0 Å². The second-order valence-corrected chi connectivity index (χ2v) is 6.92. The zero-order chi connectivity index (χ0) is 15.8. The minimum absolute atomic E-state index is 0.0262. The van der Waals surface area contributed by atoms with Crippen LogP contribution in [-0.4, -0.2) is 44.4 Å². The van der Waals surface area contributed by atoms with E-state index in [2.05, 4.69) is 0 Å². The molecule has 0 radical (unpaired) electrons. The lowest BCUT2D eigenvalue weighted by Crippen LogP contribution is -2.54. The van der Waals surface area contributed by atoms with Gasteiger partial charge in [-0.1, -0.05) is 0 Å². The van der Waals surface area contributed by atoms with Crippen molar-refractivity contribution in [2.75, 3.05) is 25.5 Å². The maximum atomic E-state index is 12.9. The van der Waals surface area contributed by atoms with Gasteiger partial charge in [-0.15, -0.1) is 0 Å². The summed E-state index contributed by atoms with van der Waals surface area (Å²) in [6.45, 7) is 3.66. The highest BCUT2D eigenvalue weighted by Crippen LogP contribution is 2.28. The van der Waals surface area contributed by atoms with Crippen LogP contribution in [0.5, 0.6) is 0 Å². The van der Waals surface area contributed by atoms with E-state index in [1.807, 2.05) is 0 Å². The standard InChI is InChI=1S/C13H19N3O4S/c1-8-5-10(14)6-9(2)12(8)21(18,19)16-3-4-20-7-11(16)13(15)17/h5-6,11H,3-4,7,14H2,1-2H3,(H2,15,17). The predicted molar refractivity (Wildman–Crippen MR) is 78.0 cm³/mol. The fraction of sp³-hybridized carbons (Fsp3) is 0.462. The van der Waals surface area contributed by atoms with E-state index in [0.717, 1.165) is 4.31 Å². The first-order valence-electron chi connectivity index (χ1n) is 6.50. The fourth-order valence-electron chi connectivity index (χ4n) is 2.61. The van der Waals surface area contributed by atoms with Gasteiger partial charge in [-0.3, -0.25) is 4.79 Å². The average Bonchev–Trinajstić information content (AvgIpc) is 2.37. The van der Waals surface area contributed by atoms with E-state index in [1.54, 1.807) is 26.0 Å². The Kier molecular flexibility index (Phi) is 4.22. The van der Waals surface area contributed by atoms with Crippen molar-refractivity contribution in [3.05, 3.63) is 23.3 Å². The first kappa shape index (κ1) is 15.7. The number of ether oxygens (including phenoxy) is 1. The summed E-state index contributed by atoms with van der Waals surface area (Å²) in [7, 11) is -3.84. The summed E-state index contributed by atoms with van der Waals surface area (Å²) in [5.74, 6) is -0.718. The van der Waals surface area contributed by atoms with Crippen LogP contribution in [0.2, 0.25) is 0 Å². The van der Waals surface area contributed by atoms with E-state index in [1.165, 1.54) is 0 Å². The summed E-state index contributed by atoms with van der Waals surface area (Å²) in [5, 5.41) is 0. The van der Waals surface area contributed by atoms with Crippen LogP contribution in [0, 0.1) is 13.8 Å². The van der Waals surface area contributed by atoms with E-state index in [0.29, 0.717) is 16.8 Å². The molecule has 1 aromatic rings. The van der Waals surface area contributed by atoms with Gasteiger partial charge in [-0.25, -0.2) is 8.42 Å². The van der Waals surface area contributed by atoms with Crippen LogP contribution in [0.3, 0.4) is 0 Å². The Hall–Kier alpha value is -1.64. The van der Waals surface area contributed by atoms with Gasteiger partial charge < -0.3 is 16.2 Å². The molecular formula is C13H19N3O4S. The summed E-state index contributed by atoms with van der Waals surface area (Å²) in [6, 6.07) is 2.21. The van der Waals surface area contributed by atoms with Crippen molar-refractivity contribution in [3.63, 3.8) is 0 Å². The number of rotatable bonds is 3. The Labute approximate surface area is 123 Å². The second kappa shape index (κ2) is 5.63. The molecule has 1 aliphatic heterocycles. The summed E-state index contributed by atoms with van der Waals surface area (Å²) in [5.41, 5.74) is 12.6. The largest absolute Gasteiger partial charge is 0.399 e. The first-order chi connectivity index (χ1) is 9.75. The lowest BCUT2D eigenvalue weighted by Gasteiger charge is -2.33. The number of primary amides is 1. The minimum atomic E-state index is -3.84. The van der Waals surface area contributed by atoms with E-state index in [9.17, 15) is 13.2 Å². The third kappa shape index (κ3) is 2.87. The molecule has 1 aromatic carbocycles. The molecule has 8 heteroatoms. The molecule has 21 heavy (non-hydrogen) atoms. The molecule has 1 fully saturated rings. The van der Waals surface area contributed by atoms with Crippen molar-refractivity contribution in [2.24, 2.45) is 5.73 Å². The summed E-state index contributed by atoms with van der Waals surface area (Å²) >= 11 is 0. The summed E-state index contributed by atoms with van der Waals surface area (Å²) in [6.07, 6.45) is 0. The van der Waals surface area contributed by atoms with Crippen LogP contribution < -0.4 is 11.5 Å². The van der Waals surface area contributed by atoms with Crippen LogP contribution in [0.25, 0.3) is 0 Å². The van der Waals surface area contributed by atoms with E-state index in [-0.39, 0.29) is 24.7 Å². The zero-order valence-electron chi connectivity index (χ0n) is 12.0. The Bertz CT molecular complexity index is 649.